The average Bonchev–Trinajstić information content (AvgIpc) is 2.17. The molecule has 0 saturated heterocycles. The summed E-state index contributed by atoms with van der Waals surface area (Å²) in [5, 5.41) is 0. The maximum absolute atomic E-state index is 12.1. The monoisotopic (exact) mass is 219 g/mol. The number of rotatable bonds is 4. The largest absolute Gasteiger partial charge is 0.338 e. The molecule has 0 N–H and O–H groups in total. The molecule has 0 spiro atoms. The van der Waals surface area contributed by atoms with Crippen LogP contribution in [0.3, 0.4) is 0 Å². The highest BCUT2D eigenvalue weighted by Crippen LogP contribution is 2.09. The first-order chi connectivity index (χ1) is 7.52. The van der Waals surface area contributed by atoms with Crippen molar-refractivity contribution in [1.82, 2.24) is 4.90 Å². The number of benzene rings is 1. The van der Waals surface area contributed by atoms with Gasteiger partial charge in [0.2, 0.25) is 5.91 Å². The van der Waals surface area contributed by atoms with Gasteiger partial charge in [0.25, 0.3) is 0 Å². The van der Waals surface area contributed by atoms with Crippen molar-refractivity contribution in [2.24, 2.45) is 0 Å². The van der Waals surface area contributed by atoms with Gasteiger partial charge in [0.15, 0.2) is 0 Å². The molecule has 16 heavy (non-hydrogen) atoms. The zero-order chi connectivity index (χ0) is 12.1. The molecule has 0 aliphatic heterocycles. The number of hydrogen-bond donors (Lipinski definition) is 0. The van der Waals surface area contributed by atoms with E-state index in [1.54, 1.807) is 0 Å². The lowest BCUT2D eigenvalue weighted by atomic mass is 10.1. The Kier molecular flexibility index (Phi) is 4.53. The lowest BCUT2D eigenvalue weighted by Crippen LogP contribution is -2.42. The van der Waals surface area contributed by atoms with Crippen molar-refractivity contribution in [2.45, 2.75) is 46.2 Å². The van der Waals surface area contributed by atoms with Gasteiger partial charge in [0, 0.05) is 12.1 Å². The van der Waals surface area contributed by atoms with Gasteiger partial charge in [-0.2, -0.15) is 0 Å². The van der Waals surface area contributed by atoms with Gasteiger partial charge >= 0.3 is 0 Å². The highest BCUT2D eigenvalue weighted by molar-refractivity contribution is 5.79. The number of carbonyl (C=O) groups is 1. The second kappa shape index (κ2) is 5.69. The summed E-state index contributed by atoms with van der Waals surface area (Å²) >= 11 is 0. The second-order valence-electron chi connectivity index (χ2n) is 4.65. The summed E-state index contributed by atoms with van der Waals surface area (Å²) < 4.78 is 0. The fraction of sp³-hybridized carbons (Fsp3) is 0.500. The number of hydrogen-bond acceptors (Lipinski definition) is 1. The molecule has 1 rings (SSSR count). The Morgan fingerprint density at radius 1 is 1.06 bits per heavy atom. The van der Waals surface area contributed by atoms with Crippen LogP contribution in [0, 0.1) is 0 Å². The summed E-state index contributed by atoms with van der Waals surface area (Å²) in [5.41, 5.74) is 1.08. The topological polar surface area (TPSA) is 20.3 Å². The first-order valence-corrected chi connectivity index (χ1v) is 5.87. The predicted octanol–water partition coefficient (Wildman–Crippen LogP) is 2.87. The number of amides is 1. The molecule has 0 saturated carbocycles. The molecule has 0 aliphatic rings. The Bertz CT molecular complexity index is 322. The van der Waals surface area contributed by atoms with Crippen LogP contribution in [0.2, 0.25) is 0 Å². The minimum Gasteiger partial charge on any atom is -0.338 e. The average molecular weight is 219 g/mol. The summed E-state index contributed by atoms with van der Waals surface area (Å²) in [7, 11) is 0. The first kappa shape index (κ1) is 12.8. The minimum absolute atomic E-state index is 0.205. The molecule has 0 aromatic heterocycles. The van der Waals surface area contributed by atoms with Crippen molar-refractivity contribution in [2.75, 3.05) is 0 Å². The molecule has 0 bridgehead atoms. The molecular formula is C14H21NO. The van der Waals surface area contributed by atoms with Gasteiger partial charge in [0.1, 0.15) is 0 Å². The Morgan fingerprint density at radius 3 is 2.00 bits per heavy atom. The lowest BCUT2D eigenvalue weighted by molar-refractivity contribution is -0.134. The third kappa shape index (κ3) is 3.37. The van der Waals surface area contributed by atoms with Gasteiger partial charge in [-0.05, 0) is 33.3 Å². The zero-order valence-electron chi connectivity index (χ0n) is 10.6. The van der Waals surface area contributed by atoms with Crippen molar-refractivity contribution in [3.63, 3.8) is 0 Å². The summed E-state index contributed by atoms with van der Waals surface area (Å²) in [6.07, 6.45) is 0.497. The number of nitrogens with zero attached hydrogens (tertiary/aromatic N) is 1. The van der Waals surface area contributed by atoms with E-state index in [1.165, 1.54) is 0 Å². The van der Waals surface area contributed by atoms with Crippen LogP contribution >= 0.6 is 0 Å². The summed E-state index contributed by atoms with van der Waals surface area (Å²) in [6, 6.07) is 10.4. The van der Waals surface area contributed by atoms with E-state index in [4.69, 9.17) is 0 Å². The van der Waals surface area contributed by atoms with E-state index < -0.39 is 0 Å². The van der Waals surface area contributed by atoms with Gasteiger partial charge in [0.05, 0.1) is 6.42 Å². The SMILES string of the molecule is CC(C)N(C(=O)Cc1ccccc1)C(C)C. The third-order valence-corrected chi connectivity index (χ3v) is 2.60. The van der Waals surface area contributed by atoms with Gasteiger partial charge in [-0.3, -0.25) is 4.79 Å². The molecule has 0 unspecified atom stereocenters. The van der Waals surface area contributed by atoms with E-state index in [0.717, 1.165) is 5.56 Å². The van der Waals surface area contributed by atoms with Gasteiger partial charge in [-0.15, -0.1) is 0 Å². The normalized spacial score (nSPS) is 10.9. The summed E-state index contributed by atoms with van der Waals surface area (Å²) in [4.78, 5) is 14.1. The van der Waals surface area contributed by atoms with E-state index in [0.29, 0.717) is 6.42 Å². The van der Waals surface area contributed by atoms with Crippen LogP contribution in [0.1, 0.15) is 33.3 Å². The molecule has 0 heterocycles. The molecule has 88 valence electrons. The first-order valence-electron chi connectivity index (χ1n) is 5.87. The van der Waals surface area contributed by atoms with Gasteiger partial charge < -0.3 is 4.90 Å². The molecule has 1 amide bonds. The van der Waals surface area contributed by atoms with Crippen LogP contribution in [0.15, 0.2) is 30.3 Å². The van der Waals surface area contributed by atoms with Crippen LogP contribution < -0.4 is 0 Å². The molecule has 2 nitrogen and oxygen atoms in total. The highest BCUT2D eigenvalue weighted by Gasteiger charge is 2.19. The molecule has 1 aromatic carbocycles. The Hall–Kier alpha value is -1.31. The standard InChI is InChI=1S/C14H21NO/c1-11(2)15(12(3)4)14(16)10-13-8-6-5-7-9-13/h5-9,11-12H,10H2,1-4H3. The minimum atomic E-state index is 0.205. The van der Waals surface area contributed by atoms with Crippen molar-refractivity contribution >= 4 is 5.91 Å². The number of carbonyl (C=O) groups excluding carboxylic acids is 1. The third-order valence-electron chi connectivity index (χ3n) is 2.60. The second-order valence-corrected chi connectivity index (χ2v) is 4.65. The maximum atomic E-state index is 12.1. The summed E-state index contributed by atoms with van der Waals surface area (Å²) in [6.45, 7) is 8.23. The fourth-order valence-corrected chi connectivity index (χ4v) is 2.03. The molecule has 0 atom stereocenters. The quantitative estimate of drug-likeness (QED) is 0.762. The zero-order valence-corrected chi connectivity index (χ0v) is 10.6. The maximum Gasteiger partial charge on any atom is 0.227 e. The van der Waals surface area contributed by atoms with Gasteiger partial charge in [-0.25, -0.2) is 0 Å². The van der Waals surface area contributed by atoms with Gasteiger partial charge in [-0.1, -0.05) is 30.3 Å². The molecule has 1 aromatic rings. The molecule has 0 radical (unpaired) electrons. The van der Waals surface area contributed by atoms with E-state index >= 15 is 0 Å². The Labute approximate surface area is 98.3 Å². The van der Waals surface area contributed by atoms with E-state index in [2.05, 4.69) is 27.7 Å². The van der Waals surface area contributed by atoms with Crippen LogP contribution in [-0.2, 0) is 11.2 Å². The van der Waals surface area contributed by atoms with Crippen LogP contribution in [0.5, 0.6) is 0 Å². The van der Waals surface area contributed by atoms with Crippen molar-refractivity contribution in [3.05, 3.63) is 35.9 Å². The Balaban J connectivity index is 2.70. The van der Waals surface area contributed by atoms with E-state index in [9.17, 15) is 4.79 Å². The predicted molar refractivity (Wildman–Crippen MR) is 67.3 cm³/mol. The van der Waals surface area contributed by atoms with Crippen molar-refractivity contribution in [1.29, 1.82) is 0 Å². The van der Waals surface area contributed by atoms with Crippen molar-refractivity contribution in [3.8, 4) is 0 Å². The lowest BCUT2D eigenvalue weighted by Gasteiger charge is -2.30. The molecule has 0 aliphatic carbocycles. The van der Waals surface area contributed by atoms with E-state index in [1.807, 2.05) is 35.2 Å². The molecule has 2 heteroatoms. The van der Waals surface area contributed by atoms with Crippen LogP contribution in [-0.4, -0.2) is 22.9 Å². The fourth-order valence-electron chi connectivity index (χ4n) is 2.03. The smallest absolute Gasteiger partial charge is 0.227 e. The molecule has 0 fully saturated rings. The summed E-state index contributed by atoms with van der Waals surface area (Å²) in [5.74, 6) is 0.205. The van der Waals surface area contributed by atoms with Crippen LogP contribution in [0.25, 0.3) is 0 Å². The molecular weight excluding hydrogens is 198 g/mol. The van der Waals surface area contributed by atoms with Crippen LogP contribution in [0.4, 0.5) is 0 Å². The van der Waals surface area contributed by atoms with E-state index in [-0.39, 0.29) is 18.0 Å². The van der Waals surface area contributed by atoms with Crippen molar-refractivity contribution < 1.29 is 4.79 Å². The highest BCUT2D eigenvalue weighted by atomic mass is 16.2. The Morgan fingerprint density at radius 2 is 1.56 bits per heavy atom.